The van der Waals surface area contributed by atoms with Gasteiger partial charge in [0.15, 0.2) is 0 Å². The minimum atomic E-state index is -3.67. The SMILES string of the molecule is FC(F)F.N#Cc1ccccc1C[SH+]Cc1ccccc1. The van der Waals surface area contributed by atoms with Gasteiger partial charge in [-0.1, -0.05) is 48.5 Å². The van der Waals surface area contributed by atoms with Crippen molar-refractivity contribution in [2.75, 3.05) is 0 Å². The van der Waals surface area contributed by atoms with Crippen LogP contribution in [0.4, 0.5) is 13.2 Å². The summed E-state index contributed by atoms with van der Waals surface area (Å²) in [6.45, 7) is -3.67. The van der Waals surface area contributed by atoms with Crippen molar-refractivity contribution in [1.29, 1.82) is 5.26 Å². The van der Waals surface area contributed by atoms with Crippen LogP contribution in [-0.2, 0) is 23.3 Å². The third-order valence-electron chi connectivity index (χ3n) is 2.56. The largest absolute Gasteiger partial charge is 0.379 e. The van der Waals surface area contributed by atoms with Gasteiger partial charge in [-0.05, 0) is 17.8 Å². The van der Waals surface area contributed by atoms with Gasteiger partial charge in [0, 0.05) is 11.1 Å². The summed E-state index contributed by atoms with van der Waals surface area (Å²) in [5, 5.41) is 8.98. The number of rotatable bonds is 4. The van der Waals surface area contributed by atoms with E-state index in [1.54, 1.807) is 0 Å². The van der Waals surface area contributed by atoms with Gasteiger partial charge in [-0.15, -0.1) is 0 Å². The molecule has 0 aliphatic carbocycles. The number of alkyl halides is 3. The second-order valence-corrected chi connectivity index (χ2v) is 5.12. The van der Waals surface area contributed by atoms with Crippen molar-refractivity contribution in [1.82, 2.24) is 0 Å². The minimum Gasteiger partial charge on any atom is -0.192 e. The van der Waals surface area contributed by atoms with Crippen molar-refractivity contribution in [3.05, 3.63) is 71.3 Å². The first kappa shape index (κ1) is 17.1. The van der Waals surface area contributed by atoms with Crippen LogP contribution < -0.4 is 0 Å². The molecule has 21 heavy (non-hydrogen) atoms. The highest BCUT2D eigenvalue weighted by molar-refractivity contribution is 7.76. The zero-order valence-corrected chi connectivity index (χ0v) is 12.1. The molecule has 1 nitrogen and oxygen atoms in total. The Morgan fingerprint density at radius 2 is 1.48 bits per heavy atom. The molecular formula is C16H15F3NS+. The number of nitrogens with zero attached hydrogens (tertiary/aromatic N) is 1. The summed E-state index contributed by atoms with van der Waals surface area (Å²) in [6.07, 6.45) is 0. The molecule has 0 N–H and O–H groups in total. The molecule has 0 saturated carbocycles. The molecule has 0 aliphatic rings. The van der Waals surface area contributed by atoms with E-state index >= 15 is 0 Å². The molecule has 0 aliphatic heterocycles. The lowest BCUT2D eigenvalue weighted by atomic mass is 10.1. The van der Waals surface area contributed by atoms with Crippen LogP contribution in [0.1, 0.15) is 16.7 Å². The molecule has 0 spiro atoms. The van der Waals surface area contributed by atoms with Gasteiger partial charge in [0.05, 0.1) is 11.6 Å². The standard InChI is InChI=1S/C15H13NS.CHF3/c16-10-14-8-4-5-9-15(14)12-17-11-13-6-2-1-3-7-13;2-1(3)4/h1-9H,11-12H2;1H/p+1. The van der Waals surface area contributed by atoms with Crippen molar-refractivity contribution in [3.63, 3.8) is 0 Å². The topological polar surface area (TPSA) is 23.8 Å². The van der Waals surface area contributed by atoms with E-state index in [-0.39, 0.29) is 0 Å². The van der Waals surface area contributed by atoms with Crippen LogP contribution >= 0.6 is 0 Å². The molecule has 0 bridgehead atoms. The van der Waals surface area contributed by atoms with Crippen molar-refractivity contribution in [2.24, 2.45) is 0 Å². The molecule has 2 rings (SSSR count). The van der Waals surface area contributed by atoms with E-state index in [4.69, 9.17) is 5.26 Å². The maximum atomic E-state index is 9.67. The lowest BCUT2D eigenvalue weighted by molar-refractivity contribution is 0.00819. The molecule has 2 aromatic carbocycles. The van der Waals surface area contributed by atoms with Crippen LogP contribution in [-0.4, -0.2) is 6.68 Å². The van der Waals surface area contributed by atoms with E-state index in [0.717, 1.165) is 22.6 Å². The molecule has 0 aromatic heterocycles. The monoisotopic (exact) mass is 310 g/mol. The van der Waals surface area contributed by atoms with Gasteiger partial charge >= 0.3 is 6.68 Å². The number of benzene rings is 2. The molecule has 5 heteroatoms. The van der Waals surface area contributed by atoms with Crippen LogP contribution in [0.2, 0.25) is 0 Å². The summed E-state index contributed by atoms with van der Waals surface area (Å²) in [4.78, 5) is 0. The summed E-state index contributed by atoms with van der Waals surface area (Å²) in [6, 6.07) is 20.5. The third-order valence-corrected chi connectivity index (χ3v) is 3.71. The average molecular weight is 310 g/mol. The Morgan fingerprint density at radius 1 is 0.905 bits per heavy atom. The lowest BCUT2D eigenvalue weighted by Crippen LogP contribution is -1.95. The highest BCUT2D eigenvalue weighted by Crippen LogP contribution is 2.10. The van der Waals surface area contributed by atoms with Crippen LogP contribution in [0.3, 0.4) is 0 Å². The molecule has 0 heterocycles. The van der Waals surface area contributed by atoms with Gasteiger partial charge in [0.2, 0.25) is 0 Å². The van der Waals surface area contributed by atoms with E-state index < -0.39 is 6.68 Å². The molecule has 0 amide bonds. The maximum Gasteiger partial charge on any atom is 0.379 e. The van der Waals surface area contributed by atoms with Crippen LogP contribution in [0, 0.1) is 11.3 Å². The normalized spacial score (nSPS) is 9.67. The van der Waals surface area contributed by atoms with E-state index in [2.05, 4.69) is 30.3 Å². The zero-order chi connectivity index (χ0) is 15.5. The molecule has 0 unspecified atom stereocenters. The van der Waals surface area contributed by atoms with Gasteiger partial charge < -0.3 is 0 Å². The van der Waals surface area contributed by atoms with Gasteiger partial charge in [0.1, 0.15) is 11.5 Å². The minimum absolute atomic E-state index is 0.799. The second-order valence-electron chi connectivity index (χ2n) is 4.04. The van der Waals surface area contributed by atoms with Crippen LogP contribution in [0.25, 0.3) is 0 Å². The maximum absolute atomic E-state index is 9.67. The summed E-state index contributed by atoms with van der Waals surface area (Å²) in [5.41, 5.74) is 3.30. The van der Waals surface area contributed by atoms with Crippen molar-refractivity contribution < 1.29 is 13.2 Å². The predicted molar refractivity (Wildman–Crippen MR) is 80.9 cm³/mol. The summed E-state index contributed by atoms with van der Waals surface area (Å²) >= 11 is 1.34. The Hall–Kier alpha value is -1.93. The van der Waals surface area contributed by atoms with Crippen LogP contribution in [0.15, 0.2) is 54.6 Å². The highest BCUT2D eigenvalue weighted by atomic mass is 32.2. The predicted octanol–water partition coefficient (Wildman–Crippen LogP) is 4.25. The molecule has 0 radical (unpaired) electrons. The molecule has 0 fully saturated rings. The number of hydrogen-bond acceptors (Lipinski definition) is 1. The van der Waals surface area contributed by atoms with E-state index in [1.165, 1.54) is 17.3 Å². The van der Waals surface area contributed by atoms with Crippen molar-refractivity contribution >= 4 is 11.8 Å². The van der Waals surface area contributed by atoms with Gasteiger partial charge in [-0.3, -0.25) is 0 Å². The summed E-state index contributed by atoms with van der Waals surface area (Å²) < 4.78 is 29.0. The number of hydrogen-bond donors (Lipinski definition) is 0. The Labute approximate surface area is 126 Å². The van der Waals surface area contributed by atoms with E-state index in [1.807, 2.05) is 30.3 Å². The summed E-state index contributed by atoms with van der Waals surface area (Å²) in [7, 11) is 0. The second kappa shape index (κ2) is 9.89. The Bertz CT molecular complexity index is 564. The number of halogens is 3. The average Bonchev–Trinajstić information content (AvgIpc) is 2.48. The first-order valence-corrected chi connectivity index (χ1v) is 7.47. The molecule has 110 valence electrons. The fraction of sp³-hybridized carbons (Fsp3) is 0.188. The number of nitriles is 1. The number of thiol groups is 1. The zero-order valence-electron chi connectivity index (χ0n) is 11.2. The fourth-order valence-electron chi connectivity index (χ4n) is 1.66. The first-order valence-electron chi connectivity index (χ1n) is 6.21. The van der Waals surface area contributed by atoms with Gasteiger partial charge in [0.25, 0.3) is 0 Å². The lowest BCUT2D eigenvalue weighted by Gasteiger charge is -1.98. The Morgan fingerprint density at radius 3 is 2.10 bits per heavy atom. The Kier molecular flexibility index (Phi) is 8.07. The molecule has 0 saturated heterocycles. The van der Waals surface area contributed by atoms with E-state index in [9.17, 15) is 13.2 Å². The van der Waals surface area contributed by atoms with Crippen molar-refractivity contribution in [2.45, 2.75) is 18.2 Å². The molecule has 2 aromatic rings. The van der Waals surface area contributed by atoms with E-state index in [0.29, 0.717) is 0 Å². The highest BCUT2D eigenvalue weighted by Gasteiger charge is 2.06. The molecule has 0 atom stereocenters. The van der Waals surface area contributed by atoms with Crippen molar-refractivity contribution in [3.8, 4) is 6.07 Å². The first-order chi connectivity index (χ1) is 10.1. The quantitative estimate of drug-likeness (QED) is 0.612. The summed E-state index contributed by atoms with van der Waals surface area (Å²) in [5.74, 6) is 1.99. The van der Waals surface area contributed by atoms with Gasteiger partial charge in [-0.25, -0.2) is 0 Å². The smallest absolute Gasteiger partial charge is 0.192 e. The van der Waals surface area contributed by atoms with Gasteiger partial charge in [-0.2, -0.15) is 18.4 Å². The van der Waals surface area contributed by atoms with Crippen LogP contribution in [0.5, 0.6) is 0 Å². The third kappa shape index (κ3) is 7.42. The fourth-order valence-corrected chi connectivity index (χ4v) is 2.75. The Balaban J connectivity index is 0.000000491. The molecular weight excluding hydrogens is 295 g/mol.